The van der Waals surface area contributed by atoms with Crippen LogP contribution in [-0.4, -0.2) is 5.27 Å². The Morgan fingerprint density at radius 3 is 2.37 bits per heavy atom. The van der Waals surface area contributed by atoms with Gasteiger partial charge in [-0.25, -0.2) is 0 Å². The lowest BCUT2D eigenvalue weighted by molar-refractivity contribution is -0.660. The second-order valence-corrected chi connectivity index (χ2v) is 4.40. The minimum atomic E-state index is 0.312. The van der Waals surface area contributed by atoms with E-state index in [1.165, 1.54) is 5.56 Å². The summed E-state index contributed by atoms with van der Waals surface area (Å²) in [6.45, 7) is 2.05. The number of benzene rings is 2. The summed E-state index contributed by atoms with van der Waals surface area (Å²) >= 11 is 0. The third-order valence-corrected chi connectivity index (χ3v) is 2.99. The van der Waals surface area contributed by atoms with Crippen LogP contribution in [0.4, 0.5) is 5.88 Å². The zero-order valence-electron chi connectivity index (χ0n) is 10.6. The van der Waals surface area contributed by atoms with Gasteiger partial charge in [-0.15, -0.1) is 0 Å². The van der Waals surface area contributed by atoms with Crippen molar-refractivity contribution in [2.24, 2.45) is 0 Å². The first kappa shape index (κ1) is 11.5. The van der Waals surface area contributed by atoms with E-state index in [-0.39, 0.29) is 0 Å². The third-order valence-electron chi connectivity index (χ3n) is 2.99. The van der Waals surface area contributed by atoms with Crippen LogP contribution in [0.25, 0.3) is 16.9 Å². The van der Waals surface area contributed by atoms with Gasteiger partial charge in [0.25, 0.3) is 0 Å². The first-order valence-corrected chi connectivity index (χ1v) is 6.05. The molecular weight excluding hydrogens is 238 g/mol. The molecule has 3 rings (SSSR count). The van der Waals surface area contributed by atoms with Crippen molar-refractivity contribution >= 4 is 5.88 Å². The molecule has 0 saturated heterocycles. The molecule has 0 fully saturated rings. The van der Waals surface area contributed by atoms with Crippen LogP contribution in [0.1, 0.15) is 5.56 Å². The van der Waals surface area contributed by atoms with Crippen LogP contribution in [0.15, 0.2) is 59.1 Å². The van der Waals surface area contributed by atoms with Crippen LogP contribution in [0.3, 0.4) is 0 Å². The Hall–Kier alpha value is -2.62. The molecule has 4 heteroatoms. The lowest BCUT2D eigenvalue weighted by Gasteiger charge is -1.95. The first-order chi connectivity index (χ1) is 9.25. The predicted octanol–water partition coefficient (Wildman–Crippen LogP) is 2.51. The van der Waals surface area contributed by atoms with Crippen molar-refractivity contribution in [3.63, 3.8) is 0 Å². The highest BCUT2D eigenvalue weighted by atomic mass is 16.5. The SMILES string of the molecule is Cc1ccc(-[n+]2noc(N)c2-c2ccccc2)cc1. The van der Waals surface area contributed by atoms with Crippen molar-refractivity contribution in [2.75, 3.05) is 5.73 Å². The average Bonchev–Trinajstić information content (AvgIpc) is 2.82. The minimum Gasteiger partial charge on any atom is -0.362 e. The number of aromatic nitrogens is 2. The third kappa shape index (κ3) is 2.08. The van der Waals surface area contributed by atoms with Gasteiger partial charge in [-0.3, -0.25) is 4.52 Å². The largest absolute Gasteiger partial charge is 0.362 e. The van der Waals surface area contributed by atoms with Crippen molar-refractivity contribution in [3.05, 3.63) is 60.2 Å². The number of aryl methyl sites for hydroxylation is 1. The van der Waals surface area contributed by atoms with Crippen LogP contribution in [0, 0.1) is 6.92 Å². The number of nitrogens with zero attached hydrogens (tertiary/aromatic N) is 2. The van der Waals surface area contributed by atoms with Gasteiger partial charge in [-0.05, 0) is 23.7 Å². The summed E-state index contributed by atoms with van der Waals surface area (Å²) in [5, 5.41) is 4.01. The van der Waals surface area contributed by atoms with Gasteiger partial charge >= 0.3 is 11.6 Å². The molecule has 2 N–H and O–H groups in total. The molecule has 0 aliphatic carbocycles. The van der Waals surface area contributed by atoms with Crippen LogP contribution in [0.5, 0.6) is 0 Å². The van der Waals surface area contributed by atoms with Crippen molar-refractivity contribution in [3.8, 4) is 16.9 Å². The second-order valence-electron chi connectivity index (χ2n) is 4.40. The maximum atomic E-state index is 5.89. The molecule has 0 spiro atoms. The lowest BCUT2D eigenvalue weighted by Crippen LogP contribution is -2.34. The number of nitrogen functional groups attached to an aromatic ring is 1. The molecule has 0 bridgehead atoms. The molecule has 19 heavy (non-hydrogen) atoms. The monoisotopic (exact) mass is 252 g/mol. The Morgan fingerprint density at radius 1 is 1.00 bits per heavy atom. The molecule has 0 radical (unpaired) electrons. The van der Waals surface area contributed by atoms with Crippen LogP contribution in [-0.2, 0) is 0 Å². The maximum Gasteiger partial charge on any atom is 0.311 e. The second kappa shape index (κ2) is 4.57. The van der Waals surface area contributed by atoms with Gasteiger partial charge in [0.1, 0.15) is 0 Å². The zero-order valence-corrected chi connectivity index (χ0v) is 10.6. The number of hydrogen-bond acceptors (Lipinski definition) is 3. The molecule has 0 amide bonds. The number of hydrogen-bond donors (Lipinski definition) is 1. The van der Waals surface area contributed by atoms with Gasteiger partial charge in [0.15, 0.2) is 0 Å². The van der Waals surface area contributed by atoms with E-state index >= 15 is 0 Å². The number of anilines is 1. The Kier molecular flexibility index (Phi) is 2.76. The summed E-state index contributed by atoms with van der Waals surface area (Å²) in [5.41, 5.74) is 9.75. The molecule has 94 valence electrons. The van der Waals surface area contributed by atoms with Crippen molar-refractivity contribution in [2.45, 2.75) is 6.92 Å². The maximum absolute atomic E-state index is 5.89. The molecule has 0 aliphatic rings. The first-order valence-electron chi connectivity index (χ1n) is 6.05. The van der Waals surface area contributed by atoms with Gasteiger partial charge in [0.05, 0.1) is 5.56 Å². The Bertz CT molecular complexity index is 687. The van der Waals surface area contributed by atoms with Gasteiger partial charge in [0, 0.05) is 12.1 Å². The Labute approximate surface area is 111 Å². The molecule has 0 saturated carbocycles. The molecule has 1 aromatic heterocycles. The summed E-state index contributed by atoms with van der Waals surface area (Å²) < 4.78 is 6.84. The highest BCUT2D eigenvalue weighted by Crippen LogP contribution is 2.22. The molecule has 0 unspecified atom stereocenters. The molecule has 3 aromatic rings. The van der Waals surface area contributed by atoms with E-state index in [9.17, 15) is 0 Å². The normalized spacial score (nSPS) is 10.6. The standard InChI is InChI=1S/C15H14N3O/c1-11-7-9-13(10-8-11)18-14(15(16)19-17-18)12-5-3-2-4-6-12/h2-10H,16H2,1H3/q+1. The van der Waals surface area contributed by atoms with E-state index in [2.05, 4.69) is 5.27 Å². The fourth-order valence-corrected chi connectivity index (χ4v) is 2.00. The minimum absolute atomic E-state index is 0.312. The van der Waals surface area contributed by atoms with Gasteiger partial charge in [-0.2, -0.15) is 0 Å². The summed E-state index contributed by atoms with van der Waals surface area (Å²) in [5.74, 6) is 0.312. The fourth-order valence-electron chi connectivity index (χ4n) is 2.00. The van der Waals surface area contributed by atoms with Gasteiger partial charge in [-0.1, -0.05) is 35.9 Å². The van der Waals surface area contributed by atoms with E-state index in [4.69, 9.17) is 10.3 Å². The number of rotatable bonds is 2. The van der Waals surface area contributed by atoms with Crippen molar-refractivity contribution in [1.29, 1.82) is 0 Å². The smallest absolute Gasteiger partial charge is 0.311 e. The topological polar surface area (TPSA) is 55.9 Å². The highest BCUT2D eigenvalue weighted by Gasteiger charge is 2.26. The fraction of sp³-hybridized carbons (Fsp3) is 0.0667. The van der Waals surface area contributed by atoms with Gasteiger partial charge < -0.3 is 5.73 Å². The summed E-state index contributed by atoms with van der Waals surface area (Å²) in [7, 11) is 0. The van der Waals surface area contributed by atoms with Crippen LogP contribution >= 0.6 is 0 Å². The summed E-state index contributed by atoms with van der Waals surface area (Å²) in [4.78, 5) is 0. The van der Waals surface area contributed by atoms with E-state index in [0.717, 1.165) is 16.9 Å². The van der Waals surface area contributed by atoms with Gasteiger partial charge in [0.2, 0.25) is 11.0 Å². The molecule has 0 atom stereocenters. The zero-order chi connectivity index (χ0) is 13.2. The van der Waals surface area contributed by atoms with Crippen molar-refractivity contribution in [1.82, 2.24) is 5.27 Å². The van der Waals surface area contributed by atoms with Crippen LogP contribution < -0.4 is 10.4 Å². The van der Waals surface area contributed by atoms with Crippen LogP contribution in [0.2, 0.25) is 0 Å². The molecule has 4 nitrogen and oxygen atoms in total. The van der Waals surface area contributed by atoms with E-state index < -0.39 is 0 Å². The quantitative estimate of drug-likeness (QED) is 0.713. The highest BCUT2D eigenvalue weighted by molar-refractivity contribution is 5.65. The van der Waals surface area contributed by atoms with E-state index in [1.54, 1.807) is 4.68 Å². The summed E-state index contributed by atoms with van der Waals surface area (Å²) in [6, 6.07) is 17.9. The van der Waals surface area contributed by atoms with Crippen molar-refractivity contribution < 1.29 is 9.20 Å². The predicted molar refractivity (Wildman–Crippen MR) is 72.6 cm³/mol. The average molecular weight is 252 g/mol. The Morgan fingerprint density at radius 2 is 1.68 bits per heavy atom. The lowest BCUT2D eigenvalue weighted by atomic mass is 10.1. The summed E-state index contributed by atoms with van der Waals surface area (Å²) in [6.07, 6.45) is 0. The molecule has 2 aromatic carbocycles. The number of nitrogens with two attached hydrogens (primary N) is 1. The van der Waals surface area contributed by atoms with E-state index in [0.29, 0.717) is 5.88 Å². The molecule has 0 aliphatic heterocycles. The molecular formula is C15H14N3O+. The molecule has 1 heterocycles. The van der Waals surface area contributed by atoms with E-state index in [1.807, 2.05) is 61.5 Å². The Balaban J connectivity index is 2.16.